The molecule has 0 radical (unpaired) electrons. The van der Waals surface area contributed by atoms with Gasteiger partial charge < -0.3 is 20.3 Å². The highest BCUT2D eigenvalue weighted by atomic mass is 16.5. The van der Waals surface area contributed by atoms with Gasteiger partial charge in [-0.3, -0.25) is 4.99 Å². The van der Waals surface area contributed by atoms with Crippen LogP contribution in [-0.2, 0) is 0 Å². The molecule has 5 nitrogen and oxygen atoms in total. The molecule has 1 fully saturated rings. The summed E-state index contributed by atoms with van der Waals surface area (Å²) in [4.78, 5) is 7.39. The van der Waals surface area contributed by atoms with Gasteiger partial charge in [0.1, 0.15) is 5.75 Å². The predicted octanol–water partition coefficient (Wildman–Crippen LogP) is 3.23. The van der Waals surface area contributed by atoms with Gasteiger partial charge in [0.2, 0.25) is 0 Å². The molecule has 0 aliphatic carbocycles. The molecule has 2 rings (SSSR count). The molecule has 0 aromatic heterocycles. The van der Waals surface area contributed by atoms with E-state index in [0.29, 0.717) is 18.0 Å². The van der Waals surface area contributed by atoms with Crippen molar-refractivity contribution in [2.75, 3.05) is 33.3 Å². The topological polar surface area (TPSA) is 48.9 Å². The lowest BCUT2D eigenvalue weighted by Gasteiger charge is -2.35. The summed E-state index contributed by atoms with van der Waals surface area (Å²) in [7, 11) is 1.73. The molecular weight excluding hydrogens is 324 g/mol. The summed E-state index contributed by atoms with van der Waals surface area (Å²) in [5, 5.41) is 7.03. The SMILES string of the molecule is CCNC(=NCC(C)c1ccccc1OC)NC1CCN(C(C)C)CC1. The molecular formula is C21H36N4O. The number of hydrogen-bond donors (Lipinski definition) is 2. The molecule has 1 heterocycles. The Balaban J connectivity index is 1.94. The van der Waals surface area contributed by atoms with Crippen LogP contribution in [0.1, 0.15) is 52.0 Å². The Morgan fingerprint density at radius 1 is 1.23 bits per heavy atom. The number of hydrogen-bond acceptors (Lipinski definition) is 3. The summed E-state index contributed by atoms with van der Waals surface area (Å²) < 4.78 is 5.49. The van der Waals surface area contributed by atoms with Crippen LogP contribution >= 0.6 is 0 Å². The Morgan fingerprint density at radius 2 is 1.92 bits per heavy atom. The van der Waals surface area contributed by atoms with E-state index in [1.54, 1.807) is 7.11 Å². The maximum absolute atomic E-state index is 5.49. The van der Waals surface area contributed by atoms with Crippen molar-refractivity contribution in [2.45, 2.75) is 58.5 Å². The Labute approximate surface area is 159 Å². The number of benzene rings is 1. The number of likely N-dealkylation sites (tertiary alicyclic amines) is 1. The lowest BCUT2D eigenvalue weighted by atomic mass is 10.0. The highest BCUT2D eigenvalue weighted by Crippen LogP contribution is 2.26. The highest BCUT2D eigenvalue weighted by Gasteiger charge is 2.21. The van der Waals surface area contributed by atoms with Gasteiger partial charge in [0.05, 0.1) is 7.11 Å². The number of guanidine groups is 1. The predicted molar refractivity (Wildman–Crippen MR) is 110 cm³/mol. The van der Waals surface area contributed by atoms with Gasteiger partial charge in [0, 0.05) is 44.2 Å². The number of methoxy groups -OCH3 is 1. The maximum atomic E-state index is 5.49. The molecule has 1 unspecified atom stereocenters. The number of ether oxygens (including phenoxy) is 1. The van der Waals surface area contributed by atoms with Gasteiger partial charge in [-0.15, -0.1) is 0 Å². The standard InChI is InChI=1S/C21H36N4O/c1-6-22-21(24-18-11-13-25(14-12-18)16(2)3)23-15-17(4)19-9-7-8-10-20(19)26-5/h7-10,16-18H,6,11-15H2,1-5H3,(H2,22,23,24). The number of nitrogens with one attached hydrogen (secondary N) is 2. The van der Waals surface area contributed by atoms with Crippen molar-refractivity contribution in [3.63, 3.8) is 0 Å². The normalized spacial score (nSPS) is 18.0. The Hall–Kier alpha value is -1.75. The van der Waals surface area contributed by atoms with Gasteiger partial charge in [-0.1, -0.05) is 25.1 Å². The van der Waals surface area contributed by atoms with E-state index in [1.165, 1.54) is 18.4 Å². The van der Waals surface area contributed by atoms with E-state index in [-0.39, 0.29) is 0 Å². The molecule has 0 amide bonds. The van der Waals surface area contributed by atoms with E-state index < -0.39 is 0 Å². The molecule has 1 saturated heterocycles. The second kappa shape index (κ2) is 10.4. The number of rotatable bonds is 7. The molecule has 5 heteroatoms. The van der Waals surface area contributed by atoms with Crippen LogP contribution in [-0.4, -0.2) is 56.2 Å². The third kappa shape index (κ3) is 5.90. The van der Waals surface area contributed by atoms with Gasteiger partial charge in [-0.05, 0) is 45.2 Å². The third-order valence-electron chi connectivity index (χ3n) is 5.14. The minimum atomic E-state index is 0.310. The molecule has 0 saturated carbocycles. The van der Waals surface area contributed by atoms with Crippen LogP contribution in [0, 0.1) is 0 Å². The van der Waals surface area contributed by atoms with E-state index in [2.05, 4.69) is 55.4 Å². The molecule has 146 valence electrons. The van der Waals surface area contributed by atoms with Crippen LogP contribution in [0.15, 0.2) is 29.3 Å². The van der Waals surface area contributed by atoms with Crippen molar-refractivity contribution >= 4 is 5.96 Å². The van der Waals surface area contributed by atoms with Gasteiger partial charge >= 0.3 is 0 Å². The second-order valence-electron chi connectivity index (χ2n) is 7.41. The molecule has 26 heavy (non-hydrogen) atoms. The van der Waals surface area contributed by atoms with Gasteiger partial charge in [-0.2, -0.15) is 0 Å². The summed E-state index contributed by atoms with van der Waals surface area (Å²) in [5.41, 5.74) is 1.21. The first-order valence-electron chi connectivity index (χ1n) is 9.97. The molecule has 0 spiro atoms. The van der Waals surface area contributed by atoms with Crippen molar-refractivity contribution in [2.24, 2.45) is 4.99 Å². The lowest BCUT2D eigenvalue weighted by molar-refractivity contribution is 0.167. The summed E-state index contributed by atoms with van der Waals surface area (Å²) in [6, 6.07) is 9.35. The minimum absolute atomic E-state index is 0.310. The van der Waals surface area contributed by atoms with Gasteiger partial charge in [-0.25, -0.2) is 0 Å². The minimum Gasteiger partial charge on any atom is -0.496 e. The fraction of sp³-hybridized carbons (Fsp3) is 0.667. The monoisotopic (exact) mass is 360 g/mol. The van der Waals surface area contributed by atoms with Crippen LogP contribution in [0.3, 0.4) is 0 Å². The first-order chi connectivity index (χ1) is 12.5. The van der Waals surface area contributed by atoms with Crippen molar-refractivity contribution < 1.29 is 4.74 Å². The fourth-order valence-corrected chi connectivity index (χ4v) is 3.47. The molecule has 1 atom stereocenters. The zero-order valence-corrected chi connectivity index (χ0v) is 17.1. The summed E-state index contributed by atoms with van der Waals surface area (Å²) in [6.07, 6.45) is 2.34. The number of nitrogens with zero attached hydrogens (tertiary/aromatic N) is 2. The molecule has 1 aliphatic heterocycles. The van der Waals surface area contributed by atoms with E-state index in [0.717, 1.165) is 37.9 Å². The molecule has 1 aromatic carbocycles. The molecule has 1 aromatic rings. The van der Waals surface area contributed by atoms with Crippen LogP contribution in [0.4, 0.5) is 0 Å². The Morgan fingerprint density at radius 3 is 2.54 bits per heavy atom. The van der Waals surface area contributed by atoms with Crippen LogP contribution in [0.5, 0.6) is 5.75 Å². The quantitative estimate of drug-likeness (QED) is 0.579. The largest absolute Gasteiger partial charge is 0.496 e. The van der Waals surface area contributed by atoms with E-state index in [4.69, 9.17) is 9.73 Å². The van der Waals surface area contributed by atoms with E-state index >= 15 is 0 Å². The Bertz CT molecular complexity index is 565. The summed E-state index contributed by atoms with van der Waals surface area (Å²) in [6.45, 7) is 12.8. The van der Waals surface area contributed by atoms with Crippen LogP contribution in [0.25, 0.3) is 0 Å². The van der Waals surface area contributed by atoms with Gasteiger partial charge in [0.15, 0.2) is 5.96 Å². The van der Waals surface area contributed by atoms with E-state index in [1.807, 2.05) is 12.1 Å². The second-order valence-corrected chi connectivity index (χ2v) is 7.41. The van der Waals surface area contributed by atoms with Crippen LogP contribution < -0.4 is 15.4 Å². The Kier molecular flexibility index (Phi) is 8.23. The van der Waals surface area contributed by atoms with Crippen molar-refractivity contribution in [1.29, 1.82) is 0 Å². The number of para-hydroxylation sites is 1. The van der Waals surface area contributed by atoms with Gasteiger partial charge in [0.25, 0.3) is 0 Å². The zero-order chi connectivity index (χ0) is 18.9. The van der Waals surface area contributed by atoms with Crippen molar-refractivity contribution in [3.8, 4) is 5.75 Å². The molecule has 2 N–H and O–H groups in total. The van der Waals surface area contributed by atoms with Crippen molar-refractivity contribution in [3.05, 3.63) is 29.8 Å². The smallest absolute Gasteiger partial charge is 0.191 e. The first-order valence-corrected chi connectivity index (χ1v) is 9.97. The van der Waals surface area contributed by atoms with E-state index in [9.17, 15) is 0 Å². The molecule has 0 bridgehead atoms. The summed E-state index contributed by atoms with van der Waals surface area (Å²) in [5.74, 6) is 2.18. The number of piperidine rings is 1. The lowest BCUT2D eigenvalue weighted by Crippen LogP contribution is -2.49. The zero-order valence-electron chi connectivity index (χ0n) is 17.1. The molecule has 1 aliphatic rings. The fourth-order valence-electron chi connectivity index (χ4n) is 3.47. The van der Waals surface area contributed by atoms with Crippen molar-refractivity contribution in [1.82, 2.24) is 15.5 Å². The first kappa shape index (κ1) is 20.6. The number of aliphatic imine (C=N–C) groups is 1. The highest BCUT2D eigenvalue weighted by molar-refractivity contribution is 5.80. The maximum Gasteiger partial charge on any atom is 0.191 e. The average Bonchev–Trinajstić information content (AvgIpc) is 2.66. The average molecular weight is 361 g/mol. The third-order valence-corrected chi connectivity index (χ3v) is 5.14. The van der Waals surface area contributed by atoms with Crippen LogP contribution in [0.2, 0.25) is 0 Å². The summed E-state index contributed by atoms with van der Waals surface area (Å²) >= 11 is 0.